The molecule has 1 aliphatic carbocycles. The summed E-state index contributed by atoms with van der Waals surface area (Å²) in [5, 5.41) is 3.16. The van der Waals surface area contributed by atoms with Crippen molar-refractivity contribution < 1.29 is 22.7 Å². The second-order valence-electron chi connectivity index (χ2n) is 8.13. The number of esters is 1. The Balaban J connectivity index is 1.61. The first kappa shape index (κ1) is 21.8. The fourth-order valence-electron chi connectivity index (χ4n) is 4.19. The predicted octanol–water partition coefficient (Wildman–Crippen LogP) is 2.57. The summed E-state index contributed by atoms with van der Waals surface area (Å²) < 4.78 is 32.2. The number of hydrogen-bond donors (Lipinski definition) is 1. The van der Waals surface area contributed by atoms with E-state index in [9.17, 15) is 18.0 Å². The minimum atomic E-state index is -3.83. The zero-order valence-corrected chi connectivity index (χ0v) is 17.9. The number of hydrogen-bond acceptors (Lipinski definition) is 5. The van der Waals surface area contributed by atoms with E-state index in [2.05, 4.69) is 12.2 Å². The number of sulfonamides is 1. The molecule has 160 valence electrons. The topological polar surface area (TPSA) is 92.8 Å². The lowest BCUT2D eigenvalue weighted by molar-refractivity contribution is -0.127. The van der Waals surface area contributed by atoms with Crippen LogP contribution >= 0.6 is 0 Å². The van der Waals surface area contributed by atoms with E-state index in [0.29, 0.717) is 12.8 Å². The fourth-order valence-corrected chi connectivity index (χ4v) is 5.84. The number of nitrogens with one attached hydrogen (secondary N) is 1. The van der Waals surface area contributed by atoms with Gasteiger partial charge in [-0.2, -0.15) is 4.31 Å². The first-order chi connectivity index (χ1) is 13.8. The Hall–Kier alpha value is -1.93. The van der Waals surface area contributed by atoms with Gasteiger partial charge in [0.1, 0.15) is 0 Å². The number of carbonyl (C=O) groups is 2. The molecule has 1 aromatic carbocycles. The molecule has 0 spiro atoms. The second kappa shape index (κ2) is 9.26. The summed E-state index contributed by atoms with van der Waals surface area (Å²) in [6.45, 7) is 2.77. The summed E-state index contributed by atoms with van der Waals surface area (Å²) in [4.78, 5) is 24.5. The lowest BCUT2D eigenvalue weighted by Crippen LogP contribution is -2.46. The van der Waals surface area contributed by atoms with Crippen molar-refractivity contribution in [3.05, 3.63) is 29.8 Å². The third-order valence-electron chi connectivity index (χ3n) is 6.10. The van der Waals surface area contributed by atoms with Crippen molar-refractivity contribution in [1.82, 2.24) is 9.62 Å². The molecule has 1 N–H and O–H groups in total. The van der Waals surface area contributed by atoms with Crippen LogP contribution in [0.4, 0.5) is 0 Å². The van der Waals surface area contributed by atoms with Crippen molar-refractivity contribution in [3.63, 3.8) is 0 Å². The molecule has 1 saturated carbocycles. The molecule has 0 aromatic heterocycles. The summed E-state index contributed by atoms with van der Waals surface area (Å²) in [5.74, 6) is -0.0853. The van der Waals surface area contributed by atoms with Gasteiger partial charge in [-0.3, -0.25) is 4.79 Å². The number of benzene rings is 1. The van der Waals surface area contributed by atoms with Crippen LogP contribution in [0.3, 0.4) is 0 Å². The SMILES string of the molecule is COC(=O)c1ccccc1S(=O)(=O)N1CCC(C(=O)NC2CCC(C)CC2)CC1. The number of ether oxygens (including phenoxy) is 1. The Morgan fingerprint density at radius 2 is 1.66 bits per heavy atom. The third kappa shape index (κ3) is 4.98. The molecule has 2 aliphatic rings. The van der Waals surface area contributed by atoms with Gasteiger partial charge in [0.2, 0.25) is 15.9 Å². The smallest absolute Gasteiger partial charge is 0.339 e. The first-order valence-electron chi connectivity index (χ1n) is 10.3. The van der Waals surface area contributed by atoms with Gasteiger partial charge in [0, 0.05) is 25.0 Å². The van der Waals surface area contributed by atoms with Gasteiger partial charge < -0.3 is 10.1 Å². The Labute approximate surface area is 172 Å². The molecule has 1 saturated heterocycles. The molecule has 3 rings (SSSR count). The van der Waals surface area contributed by atoms with Crippen molar-refractivity contribution in [2.75, 3.05) is 20.2 Å². The highest BCUT2D eigenvalue weighted by Gasteiger charge is 2.35. The van der Waals surface area contributed by atoms with Gasteiger partial charge in [0.25, 0.3) is 0 Å². The van der Waals surface area contributed by atoms with Crippen LogP contribution in [0.2, 0.25) is 0 Å². The second-order valence-corrected chi connectivity index (χ2v) is 10.0. The standard InChI is InChI=1S/C21H30N2O5S/c1-15-7-9-17(10-8-15)22-20(24)16-11-13-23(14-12-16)29(26,27)19-6-4-3-5-18(19)21(25)28-2/h3-6,15-17H,7-14H2,1-2H3,(H,22,24). The van der Waals surface area contributed by atoms with Crippen molar-refractivity contribution in [2.24, 2.45) is 11.8 Å². The molecule has 2 fully saturated rings. The highest BCUT2D eigenvalue weighted by molar-refractivity contribution is 7.89. The molecule has 1 aromatic rings. The maximum Gasteiger partial charge on any atom is 0.339 e. The largest absolute Gasteiger partial charge is 0.465 e. The quantitative estimate of drug-likeness (QED) is 0.736. The van der Waals surface area contributed by atoms with Gasteiger partial charge >= 0.3 is 5.97 Å². The van der Waals surface area contributed by atoms with E-state index in [1.165, 1.54) is 23.5 Å². The van der Waals surface area contributed by atoms with E-state index in [1.807, 2.05) is 0 Å². The molecule has 0 unspecified atom stereocenters. The van der Waals surface area contributed by atoms with Crippen LogP contribution in [0, 0.1) is 11.8 Å². The van der Waals surface area contributed by atoms with Crippen LogP contribution in [0.25, 0.3) is 0 Å². The molecular weight excluding hydrogens is 392 g/mol. The predicted molar refractivity (Wildman–Crippen MR) is 109 cm³/mol. The zero-order chi connectivity index (χ0) is 21.0. The molecule has 8 heteroatoms. The average Bonchev–Trinajstić information content (AvgIpc) is 2.74. The molecule has 1 aliphatic heterocycles. The van der Waals surface area contributed by atoms with Gasteiger partial charge in [-0.1, -0.05) is 19.1 Å². The highest BCUT2D eigenvalue weighted by Crippen LogP contribution is 2.28. The van der Waals surface area contributed by atoms with Crippen molar-refractivity contribution in [3.8, 4) is 0 Å². The third-order valence-corrected chi connectivity index (χ3v) is 8.05. The van der Waals surface area contributed by atoms with Gasteiger partial charge in [0.05, 0.1) is 17.6 Å². The van der Waals surface area contributed by atoms with Crippen LogP contribution in [0.1, 0.15) is 55.8 Å². The van der Waals surface area contributed by atoms with Crippen LogP contribution in [-0.4, -0.2) is 50.8 Å². The summed E-state index contributed by atoms with van der Waals surface area (Å²) in [5.41, 5.74) is 0.0291. The molecule has 1 heterocycles. The van der Waals surface area contributed by atoms with Crippen LogP contribution in [-0.2, 0) is 19.6 Å². The lowest BCUT2D eigenvalue weighted by Gasteiger charge is -2.33. The maximum atomic E-state index is 13.1. The Morgan fingerprint density at radius 3 is 2.28 bits per heavy atom. The van der Waals surface area contributed by atoms with Crippen LogP contribution in [0.5, 0.6) is 0 Å². The van der Waals surface area contributed by atoms with E-state index in [4.69, 9.17) is 4.74 Å². The number of methoxy groups -OCH3 is 1. The Morgan fingerprint density at radius 1 is 1.03 bits per heavy atom. The lowest BCUT2D eigenvalue weighted by atomic mass is 9.87. The summed E-state index contributed by atoms with van der Waals surface area (Å²) in [7, 11) is -2.60. The van der Waals surface area contributed by atoms with Crippen molar-refractivity contribution in [1.29, 1.82) is 0 Å². The average molecular weight is 423 g/mol. The molecular formula is C21H30N2O5S. The van der Waals surface area contributed by atoms with E-state index >= 15 is 0 Å². The summed E-state index contributed by atoms with van der Waals surface area (Å²) in [6.07, 6.45) is 5.28. The van der Waals surface area contributed by atoms with Crippen molar-refractivity contribution >= 4 is 21.9 Å². The number of nitrogens with zero attached hydrogens (tertiary/aromatic N) is 1. The van der Waals surface area contributed by atoms with Gasteiger partial charge in [-0.05, 0) is 56.6 Å². The number of rotatable bonds is 5. The molecule has 0 atom stereocenters. The van der Waals surface area contributed by atoms with Gasteiger partial charge in [-0.25, -0.2) is 13.2 Å². The Kier molecular flexibility index (Phi) is 6.95. The zero-order valence-electron chi connectivity index (χ0n) is 17.1. The minimum Gasteiger partial charge on any atom is -0.465 e. The molecule has 0 radical (unpaired) electrons. The fraction of sp³-hybridized carbons (Fsp3) is 0.619. The minimum absolute atomic E-state index is 0.0291. The number of amides is 1. The highest BCUT2D eigenvalue weighted by atomic mass is 32.2. The first-order valence-corrected chi connectivity index (χ1v) is 11.7. The number of piperidine rings is 1. The van der Waals surface area contributed by atoms with E-state index in [-0.39, 0.29) is 41.4 Å². The summed E-state index contributed by atoms with van der Waals surface area (Å²) in [6, 6.07) is 6.31. The molecule has 0 bridgehead atoms. The van der Waals surface area contributed by atoms with Gasteiger partial charge in [0.15, 0.2) is 0 Å². The molecule has 1 amide bonds. The summed E-state index contributed by atoms with van der Waals surface area (Å²) >= 11 is 0. The van der Waals surface area contributed by atoms with E-state index in [0.717, 1.165) is 31.6 Å². The van der Waals surface area contributed by atoms with Crippen molar-refractivity contribution in [2.45, 2.75) is 56.4 Å². The normalized spacial score (nSPS) is 24.1. The van der Waals surface area contributed by atoms with E-state index in [1.54, 1.807) is 12.1 Å². The maximum absolute atomic E-state index is 13.1. The van der Waals surface area contributed by atoms with Gasteiger partial charge in [-0.15, -0.1) is 0 Å². The van der Waals surface area contributed by atoms with Crippen LogP contribution in [0.15, 0.2) is 29.2 Å². The molecule has 29 heavy (non-hydrogen) atoms. The van der Waals surface area contributed by atoms with E-state index < -0.39 is 16.0 Å². The monoisotopic (exact) mass is 422 g/mol. The number of carbonyl (C=O) groups excluding carboxylic acids is 2. The molecule has 7 nitrogen and oxygen atoms in total. The van der Waals surface area contributed by atoms with Crippen LogP contribution < -0.4 is 5.32 Å². The Bertz CT molecular complexity index is 838.